The maximum Gasteiger partial charge on any atom is 0.246 e. The Morgan fingerprint density at radius 1 is 1.17 bits per heavy atom. The van der Waals surface area contributed by atoms with E-state index in [-0.39, 0.29) is 5.91 Å². The Hall–Kier alpha value is -2.55. The molecule has 7 heteroatoms. The number of rotatable bonds is 1. The highest BCUT2D eigenvalue weighted by Gasteiger charge is 2.38. The third-order valence-corrected chi connectivity index (χ3v) is 4.87. The summed E-state index contributed by atoms with van der Waals surface area (Å²) in [6.45, 7) is 0. The first-order valence-corrected chi connectivity index (χ1v) is 7.98. The van der Waals surface area contributed by atoms with Crippen LogP contribution < -0.4 is 5.32 Å². The molecule has 3 aromatic rings. The fraction of sp³-hybridized carbons (Fsp3) is 0.118. The lowest BCUT2D eigenvalue weighted by molar-refractivity contribution is -0.119. The van der Waals surface area contributed by atoms with E-state index in [1.165, 1.54) is 0 Å². The second-order valence-corrected chi connectivity index (χ2v) is 6.32. The van der Waals surface area contributed by atoms with Crippen molar-refractivity contribution in [1.82, 2.24) is 9.55 Å². The van der Waals surface area contributed by atoms with Gasteiger partial charge < -0.3 is 4.57 Å². The van der Waals surface area contributed by atoms with Gasteiger partial charge in [-0.05, 0) is 29.8 Å². The summed E-state index contributed by atoms with van der Waals surface area (Å²) in [5.41, 5.74) is 2.32. The Morgan fingerprint density at radius 3 is 2.71 bits per heavy atom. The predicted molar refractivity (Wildman–Crippen MR) is 92.1 cm³/mol. The molecule has 0 spiro atoms. The van der Waals surface area contributed by atoms with Gasteiger partial charge in [-0.3, -0.25) is 10.1 Å². The van der Waals surface area contributed by atoms with E-state index in [0.717, 1.165) is 16.6 Å². The van der Waals surface area contributed by atoms with Crippen molar-refractivity contribution in [3.05, 3.63) is 58.1 Å². The number of nitrogens with one attached hydrogen (secondary N) is 1. The van der Waals surface area contributed by atoms with Crippen LogP contribution in [0.25, 0.3) is 11.0 Å². The van der Waals surface area contributed by atoms with Crippen molar-refractivity contribution in [3.63, 3.8) is 0 Å². The maximum atomic E-state index is 12.4. The quantitative estimate of drug-likeness (QED) is 0.715. The number of hydrogen-bond donors (Lipinski definition) is 1. The second-order valence-electron chi connectivity index (χ2n) is 5.51. The number of para-hydroxylation sites is 2. The van der Waals surface area contributed by atoms with Gasteiger partial charge in [-0.15, -0.1) is 0 Å². The summed E-state index contributed by atoms with van der Waals surface area (Å²) in [5.74, 6) is -0.854. The summed E-state index contributed by atoms with van der Waals surface area (Å²) in [7, 11) is 0. The average molecular weight is 357 g/mol. The molecule has 0 saturated carbocycles. The zero-order valence-corrected chi connectivity index (χ0v) is 13.7. The Balaban J connectivity index is 2.01. The number of benzene rings is 2. The summed E-state index contributed by atoms with van der Waals surface area (Å²) in [6, 6.07) is 14.2. The largest absolute Gasteiger partial charge is 0.300 e. The number of imidazole rings is 1. The minimum Gasteiger partial charge on any atom is -0.300 e. The fourth-order valence-corrected chi connectivity index (χ4v) is 3.37. The molecule has 2 heterocycles. The number of anilines is 1. The summed E-state index contributed by atoms with van der Waals surface area (Å²) in [5, 5.41) is 13.1. The van der Waals surface area contributed by atoms with Crippen molar-refractivity contribution < 1.29 is 4.79 Å². The lowest BCUT2D eigenvalue weighted by Crippen LogP contribution is -2.37. The van der Waals surface area contributed by atoms with Gasteiger partial charge in [0.15, 0.2) is 5.92 Å². The van der Waals surface area contributed by atoms with E-state index in [1.54, 1.807) is 18.2 Å². The van der Waals surface area contributed by atoms with Crippen molar-refractivity contribution in [2.45, 2.75) is 6.04 Å². The van der Waals surface area contributed by atoms with Crippen LogP contribution in [0, 0.1) is 17.2 Å². The average Bonchev–Trinajstić information content (AvgIpc) is 2.94. The van der Waals surface area contributed by atoms with E-state index in [2.05, 4.69) is 16.4 Å². The molecule has 118 valence electrons. The molecule has 24 heavy (non-hydrogen) atoms. The summed E-state index contributed by atoms with van der Waals surface area (Å²) in [6.07, 6.45) is 0. The molecule has 0 bridgehead atoms. The zero-order chi connectivity index (χ0) is 16.8. The Morgan fingerprint density at radius 2 is 1.96 bits per heavy atom. The Bertz CT molecular complexity index is 1020. The van der Waals surface area contributed by atoms with Gasteiger partial charge in [0.25, 0.3) is 0 Å². The van der Waals surface area contributed by atoms with Gasteiger partial charge in [-0.1, -0.05) is 41.4 Å². The van der Waals surface area contributed by atoms with Crippen LogP contribution >= 0.6 is 23.2 Å². The molecule has 0 fully saturated rings. The van der Waals surface area contributed by atoms with Crippen molar-refractivity contribution in [1.29, 1.82) is 5.26 Å². The highest BCUT2D eigenvalue weighted by atomic mass is 35.5. The molecule has 4 rings (SSSR count). The van der Waals surface area contributed by atoms with Crippen LogP contribution in [0.2, 0.25) is 10.0 Å². The maximum absolute atomic E-state index is 12.4. The van der Waals surface area contributed by atoms with Crippen LogP contribution in [0.15, 0.2) is 42.5 Å². The summed E-state index contributed by atoms with van der Waals surface area (Å²) < 4.78 is 1.87. The lowest BCUT2D eigenvalue weighted by Gasteiger charge is -2.30. The SMILES string of the molecule is N#CC1C(=O)Nc2nc3ccccc3n2C1c1ccc(Cl)c(Cl)c1. The number of hydrogen-bond acceptors (Lipinski definition) is 3. The van der Waals surface area contributed by atoms with E-state index < -0.39 is 12.0 Å². The van der Waals surface area contributed by atoms with E-state index in [4.69, 9.17) is 23.2 Å². The van der Waals surface area contributed by atoms with Crippen LogP contribution in [0.5, 0.6) is 0 Å². The molecule has 2 aromatic carbocycles. The van der Waals surface area contributed by atoms with Gasteiger partial charge in [0, 0.05) is 0 Å². The van der Waals surface area contributed by atoms with Crippen molar-refractivity contribution in [2.75, 3.05) is 5.32 Å². The number of aromatic nitrogens is 2. The van der Waals surface area contributed by atoms with Crippen LogP contribution in [0.3, 0.4) is 0 Å². The molecule has 1 amide bonds. The number of carbonyl (C=O) groups is 1. The number of fused-ring (bicyclic) bond motifs is 3. The first-order valence-electron chi connectivity index (χ1n) is 7.22. The molecule has 0 aliphatic carbocycles. The van der Waals surface area contributed by atoms with E-state index >= 15 is 0 Å². The van der Waals surface area contributed by atoms with Crippen molar-refractivity contribution in [2.24, 2.45) is 5.92 Å². The molecule has 1 aliphatic heterocycles. The smallest absolute Gasteiger partial charge is 0.246 e. The van der Waals surface area contributed by atoms with Crippen LogP contribution in [-0.4, -0.2) is 15.5 Å². The second kappa shape index (κ2) is 5.52. The number of nitrogens with zero attached hydrogens (tertiary/aromatic N) is 3. The van der Waals surface area contributed by atoms with Gasteiger partial charge in [-0.2, -0.15) is 5.26 Å². The molecule has 0 saturated heterocycles. The van der Waals surface area contributed by atoms with Crippen LogP contribution in [0.4, 0.5) is 5.95 Å². The van der Waals surface area contributed by atoms with Gasteiger partial charge in [0.05, 0.1) is 33.2 Å². The third kappa shape index (κ3) is 2.15. The summed E-state index contributed by atoms with van der Waals surface area (Å²) in [4.78, 5) is 16.8. The normalized spacial score (nSPS) is 19.6. The van der Waals surface area contributed by atoms with Gasteiger partial charge in [0.1, 0.15) is 0 Å². The highest BCUT2D eigenvalue weighted by molar-refractivity contribution is 6.42. The molecule has 0 radical (unpaired) electrons. The molecule has 1 N–H and O–H groups in total. The molecule has 5 nitrogen and oxygen atoms in total. The van der Waals surface area contributed by atoms with Crippen molar-refractivity contribution >= 4 is 46.1 Å². The molecule has 1 aromatic heterocycles. The highest BCUT2D eigenvalue weighted by Crippen LogP contribution is 2.39. The molecule has 1 aliphatic rings. The standard InChI is InChI=1S/C17H10Cl2N4O/c18-11-6-5-9(7-12(11)19)15-10(8-20)16(24)22-17-21-13-3-1-2-4-14(13)23(15)17/h1-7,10,15H,(H,21,22,24). The molecule has 2 unspecified atom stereocenters. The number of amides is 1. The number of halogens is 2. The summed E-state index contributed by atoms with van der Waals surface area (Å²) >= 11 is 12.1. The minimum atomic E-state index is -0.896. The third-order valence-electron chi connectivity index (χ3n) is 4.13. The van der Waals surface area contributed by atoms with Crippen LogP contribution in [0.1, 0.15) is 11.6 Å². The Kier molecular flexibility index (Phi) is 3.45. The first kappa shape index (κ1) is 15.0. The van der Waals surface area contributed by atoms with E-state index in [1.807, 2.05) is 28.8 Å². The van der Waals surface area contributed by atoms with Crippen molar-refractivity contribution in [3.8, 4) is 6.07 Å². The molecular formula is C17H10Cl2N4O. The molecule has 2 atom stereocenters. The lowest BCUT2D eigenvalue weighted by atomic mass is 9.91. The van der Waals surface area contributed by atoms with Gasteiger partial charge >= 0.3 is 0 Å². The monoisotopic (exact) mass is 356 g/mol. The van der Waals surface area contributed by atoms with Gasteiger partial charge in [0.2, 0.25) is 11.9 Å². The van der Waals surface area contributed by atoms with Gasteiger partial charge in [-0.25, -0.2) is 4.98 Å². The predicted octanol–water partition coefficient (Wildman–Crippen LogP) is 4.02. The topological polar surface area (TPSA) is 70.7 Å². The fourth-order valence-electron chi connectivity index (χ4n) is 3.06. The minimum absolute atomic E-state index is 0.378. The number of nitriles is 1. The van der Waals surface area contributed by atoms with Crippen LogP contribution in [-0.2, 0) is 4.79 Å². The zero-order valence-electron chi connectivity index (χ0n) is 12.2. The number of carbonyl (C=O) groups excluding carboxylic acids is 1. The first-order chi connectivity index (χ1) is 11.6. The molecular weight excluding hydrogens is 347 g/mol. The van der Waals surface area contributed by atoms with E-state index in [9.17, 15) is 10.1 Å². The van der Waals surface area contributed by atoms with E-state index in [0.29, 0.717) is 16.0 Å². The Labute approximate surface area is 147 Å².